The molecule has 0 aromatic carbocycles. The Morgan fingerprint density at radius 3 is 2.52 bits per heavy atom. The zero-order chi connectivity index (χ0) is 20.5. The van der Waals surface area contributed by atoms with Crippen molar-refractivity contribution in [2.45, 2.75) is 26.5 Å². The summed E-state index contributed by atoms with van der Waals surface area (Å²) in [5, 5.41) is 0.390. The summed E-state index contributed by atoms with van der Waals surface area (Å²) >= 11 is 5.93. The van der Waals surface area contributed by atoms with Crippen molar-refractivity contribution < 1.29 is 4.74 Å². The van der Waals surface area contributed by atoms with Gasteiger partial charge in [0.05, 0.1) is 12.2 Å². The standard InChI is InChI=1S/C20H20ClN7O/c1-11(29-19-5-3-4-16(21)26-19)10-28-12(2)24-15-7-6-14(25-20(15)28)13-8-17(22)27-18(23)9-13/h3-9,11H,10H2,1-2H3,(H4,22,23,27). The molecule has 0 radical (unpaired) electrons. The van der Waals surface area contributed by atoms with Crippen molar-refractivity contribution in [1.82, 2.24) is 24.5 Å². The number of fused-ring (bicyclic) bond motifs is 1. The van der Waals surface area contributed by atoms with E-state index in [1.807, 2.05) is 30.5 Å². The Balaban J connectivity index is 1.66. The van der Waals surface area contributed by atoms with Gasteiger partial charge in [0.15, 0.2) is 5.65 Å². The maximum absolute atomic E-state index is 5.93. The van der Waals surface area contributed by atoms with E-state index in [-0.39, 0.29) is 6.10 Å². The number of anilines is 2. The molecule has 0 bridgehead atoms. The van der Waals surface area contributed by atoms with E-state index >= 15 is 0 Å². The van der Waals surface area contributed by atoms with E-state index in [9.17, 15) is 0 Å². The lowest BCUT2D eigenvalue weighted by molar-refractivity contribution is 0.192. The summed E-state index contributed by atoms with van der Waals surface area (Å²) < 4.78 is 7.92. The fraction of sp³-hybridized carbons (Fsp3) is 0.200. The van der Waals surface area contributed by atoms with Crippen molar-refractivity contribution >= 4 is 34.4 Å². The number of nitrogens with two attached hydrogens (primary N) is 2. The van der Waals surface area contributed by atoms with Gasteiger partial charge < -0.3 is 20.8 Å². The summed E-state index contributed by atoms with van der Waals surface area (Å²) in [6.07, 6.45) is -0.172. The molecule has 0 spiro atoms. The minimum atomic E-state index is -0.172. The second-order valence-electron chi connectivity index (χ2n) is 6.74. The highest BCUT2D eigenvalue weighted by atomic mass is 35.5. The highest BCUT2D eigenvalue weighted by Gasteiger charge is 2.15. The number of ether oxygens (including phenoxy) is 1. The van der Waals surface area contributed by atoms with E-state index in [0.29, 0.717) is 29.2 Å². The van der Waals surface area contributed by atoms with Crippen LogP contribution in [0.4, 0.5) is 11.6 Å². The van der Waals surface area contributed by atoms with E-state index in [1.54, 1.807) is 30.3 Å². The predicted molar refractivity (Wildman–Crippen MR) is 114 cm³/mol. The molecule has 0 saturated heterocycles. The average Bonchev–Trinajstić information content (AvgIpc) is 2.95. The number of rotatable bonds is 5. The summed E-state index contributed by atoms with van der Waals surface area (Å²) in [4.78, 5) is 17.6. The fourth-order valence-corrected chi connectivity index (χ4v) is 3.33. The number of hydrogen-bond acceptors (Lipinski definition) is 7. The quantitative estimate of drug-likeness (QED) is 0.484. The van der Waals surface area contributed by atoms with E-state index in [0.717, 1.165) is 28.2 Å². The van der Waals surface area contributed by atoms with Crippen LogP contribution in [0.25, 0.3) is 22.4 Å². The Hall–Kier alpha value is -3.39. The van der Waals surface area contributed by atoms with Crippen LogP contribution in [-0.2, 0) is 6.54 Å². The lowest BCUT2D eigenvalue weighted by Gasteiger charge is -2.16. The lowest BCUT2D eigenvalue weighted by atomic mass is 10.1. The molecule has 4 N–H and O–H groups in total. The maximum atomic E-state index is 5.93. The van der Waals surface area contributed by atoms with Crippen LogP contribution in [0.1, 0.15) is 12.7 Å². The van der Waals surface area contributed by atoms with Gasteiger partial charge in [0.25, 0.3) is 0 Å². The first-order valence-electron chi connectivity index (χ1n) is 9.05. The molecule has 148 valence electrons. The van der Waals surface area contributed by atoms with Gasteiger partial charge in [-0.25, -0.2) is 19.9 Å². The highest BCUT2D eigenvalue weighted by Crippen LogP contribution is 2.24. The van der Waals surface area contributed by atoms with Gasteiger partial charge in [-0.15, -0.1) is 0 Å². The molecule has 29 heavy (non-hydrogen) atoms. The molecule has 0 aliphatic carbocycles. The van der Waals surface area contributed by atoms with Gasteiger partial charge in [0.2, 0.25) is 5.88 Å². The Bertz CT molecular complexity index is 1170. The molecule has 4 aromatic heterocycles. The molecule has 1 atom stereocenters. The van der Waals surface area contributed by atoms with Crippen molar-refractivity contribution in [3.8, 4) is 17.1 Å². The van der Waals surface area contributed by atoms with Crippen LogP contribution in [0.5, 0.6) is 5.88 Å². The summed E-state index contributed by atoms with van der Waals surface area (Å²) in [6, 6.07) is 12.6. The van der Waals surface area contributed by atoms with Crippen LogP contribution in [0.3, 0.4) is 0 Å². The minimum Gasteiger partial charge on any atom is -0.473 e. The largest absolute Gasteiger partial charge is 0.473 e. The molecule has 4 heterocycles. The zero-order valence-electron chi connectivity index (χ0n) is 16.0. The van der Waals surface area contributed by atoms with Crippen molar-refractivity contribution in [2.75, 3.05) is 11.5 Å². The molecule has 0 amide bonds. The Morgan fingerprint density at radius 2 is 1.79 bits per heavy atom. The van der Waals surface area contributed by atoms with Gasteiger partial charge in [-0.3, -0.25) is 0 Å². The molecule has 0 aliphatic heterocycles. The van der Waals surface area contributed by atoms with Crippen LogP contribution >= 0.6 is 11.6 Å². The molecular weight excluding hydrogens is 390 g/mol. The Morgan fingerprint density at radius 1 is 1.03 bits per heavy atom. The first-order valence-corrected chi connectivity index (χ1v) is 9.43. The third-order valence-electron chi connectivity index (χ3n) is 4.39. The van der Waals surface area contributed by atoms with Crippen LogP contribution in [0.15, 0.2) is 42.5 Å². The maximum Gasteiger partial charge on any atom is 0.214 e. The number of pyridine rings is 3. The number of imidazole rings is 1. The smallest absolute Gasteiger partial charge is 0.214 e. The van der Waals surface area contributed by atoms with Gasteiger partial charge >= 0.3 is 0 Å². The molecule has 8 nitrogen and oxygen atoms in total. The average molecular weight is 410 g/mol. The van der Waals surface area contributed by atoms with E-state index in [2.05, 4.69) is 15.0 Å². The molecule has 4 aromatic rings. The number of aryl methyl sites for hydroxylation is 1. The predicted octanol–water partition coefficient (Wildman–Crippen LogP) is 3.48. The van der Waals surface area contributed by atoms with Gasteiger partial charge in [-0.2, -0.15) is 0 Å². The topological polar surface area (TPSA) is 118 Å². The Labute approximate surface area is 172 Å². The molecule has 0 fully saturated rings. The number of nitrogen functional groups attached to an aromatic ring is 2. The van der Waals surface area contributed by atoms with Crippen molar-refractivity contribution in [2.24, 2.45) is 0 Å². The van der Waals surface area contributed by atoms with Crippen LogP contribution in [-0.4, -0.2) is 30.6 Å². The first-order chi connectivity index (χ1) is 13.9. The van der Waals surface area contributed by atoms with E-state index < -0.39 is 0 Å². The van der Waals surface area contributed by atoms with Gasteiger partial charge in [-0.1, -0.05) is 17.7 Å². The van der Waals surface area contributed by atoms with Gasteiger partial charge in [-0.05, 0) is 44.2 Å². The third kappa shape index (κ3) is 4.07. The number of halogens is 1. The molecule has 0 aliphatic rings. The second-order valence-corrected chi connectivity index (χ2v) is 7.13. The zero-order valence-corrected chi connectivity index (χ0v) is 16.8. The lowest BCUT2D eigenvalue weighted by Crippen LogP contribution is -2.21. The molecule has 0 saturated carbocycles. The number of nitrogens with zero attached hydrogens (tertiary/aromatic N) is 5. The molecule has 4 rings (SSSR count). The summed E-state index contributed by atoms with van der Waals surface area (Å²) in [5.74, 6) is 2.02. The summed E-state index contributed by atoms with van der Waals surface area (Å²) in [6.45, 7) is 4.45. The normalized spacial score (nSPS) is 12.2. The van der Waals surface area contributed by atoms with Crippen molar-refractivity contribution in [3.63, 3.8) is 0 Å². The first kappa shape index (κ1) is 18.9. The monoisotopic (exact) mass is 409 g/mol. The fourth-order valence-electron chi connectivity index (χ4n) is 3.17. The molecule has 9 heteroatoms. The SMILES string of the molecule is Cc1nc2ccc(-c3cc(N)nc(N)c3)nc2n1CC(C)Oc1cccc(Cl)n1. The molecular formula is C20H20ClN7O. The highest BCUT2D eigenvalue weighted by molar-refractivity contribution is 6.29. The van der Waals surface area contributed by atoms with Crippen LogP contribution < -0.4 is 16.2 Å². The van der Waals surface area contributed by atoms with Crippen molar-refractivity contribution in [1.29, 1.82) is 0 Å². The molecule has 1 unspecified atom stereocenters. The third-order valence-corrected chi connectivity index (χ3v) is 4.61. The summed E-state index contributed by atoms with van der Waals surface area (Å²) in [5.41, 5.74) is 14.7. The number of aromatic nitrogens is 5. The Kier molecular flexibility index (Phi) is 4.94. The number of hydrogen-bond donors (Lipinski definition) is 2. The van der Waals surface area contributed by atoms with E-state index in [1.165, 1.54) is 0 Å². The van der Waals surface area contributed by atoms with Crippen LogP contribution in [0, 0.1) is 6.92 Å². The van der Waals surface area contributed by atoms with Crippen LogP contribution in [0.2, 0.25) is 5.15 Å². The van der Waals surface area contributed by atoms with Gasteiger partial charge in [0.1, 0.15) is 34.2 Å². The minimum absolute atomic E-state index is 0.172. The van der Waals surface area contributed by atoms with Gasteiger partial charge in [0, 0.05) is 11.6 Å². The second kappa shape index (κ2) is 7.56. The van der Waals surface area contributed by atoms with Crippen molar-refractivity contribution in [3.05, 3.63) is 53.4 Å². The van der Waals surface area contributed by atoms with E-state index in [4.69, 9.17) is 32.8 Å². The summed E-state index contributed by atoms with van der Waals surface area (Å²) in [7, 11) is 0.